The van der Waals surface area contributed by atoms with Crippen LogP contribution in [0, 0.1) is 0 Å². The molecule has 1 aromatic carbocycles. The Bertz CT molecular complexity index is 700. The summed E-state index contributed by atoms with van der Waals surface area (Å²) in [7, 11) is 0. The van der Waals surface area contributed by atoms with Crippen molar-refractivity contribution >= 4 is 5.91 Å². The van der Waals surface area contributed by atoms with Gasteiger partial charge in [-0.25, -0.2) is 4.98 Å². The average Bonchev–Trinajstić information content (AvgIpc) is 3.10. The van der Waals surface area contributed by atoms with E-state index < -0.39 is 0 Å². The van der Waals surface area contributed by atoms with E-state index in [0.29, 0.717) is 5.92 Å². The molecule has 3 heterocycles. The van der Waals surface area contributed by atoms with E-state index in [1.165, 1.54) is 24.1 Å². The van der Waals surface area contributed by atoms with Gasteiger partial charge in [0.2, 0.25) is 0 Å². The molecule has 2 N–H and O–H groups in total. The average molecular weight is 324 g/mol. The summed E-state index contributed by atoms with van der Waals surface area (Å²) in [6, 6.07) is 8.40. The molecule has 1 unspecified atom stereocenters. The largest absolute Gasteiger partial charge is 0.349 e. The van der Waals surface area contributed by atoms with Gasteiger partial charge in [-0.15, -0.1) is 0 Å². The summed E-state index contributed by atoms with van der Waals surface area (Å²) in [6.07, 6.45) is 7.95. The summed E-state index contributed by atoms with van der Waals surface area (Å²) < 4.78 is 2.16. The van der Waals surface area contributed by atoms with Gasteiger partial charge in [-0.2, -0.15) is 0 Å². The van der Waals surface area contributed by atoms with Crippen LogP contribution in [0.2, 0.25) is 0 Å². The van der Waals surface area contributed by atoms with Gasteiger partial charge in [0.15, 0.2) is 0 Å². The molecule has 0 saturated carbocycles. The van der Waals surface area contributed by atoms with E-state index in [0.717, 1.165) is 38.0 Å². The van der Waals surface area contributed by atoms with Gasteiger partial charge in [-0.1, -0.05) is 12.1 Å². The quantitative estimate of drug-likeness (QED) is 0.909. The summed E-state index contributed by atoms with van der Waals surface area (Å²) in [6.45, 7) is 3.10. The van der Waals surface area contributed by atoms with Crippen LogP contribution in [0.5, 0.6) is 0 Å². The van der Waals surface area contributed by atoms with Crippen LogP contribution < -0.4 is 10.6 Å². The highest BCUT2D eigenvalue weighted by atomic mass is 16.1. The van der Waals surface area contributed by atoms with Crippen molar-refractivity contribution in [2.45, 2.75) is 44.2 Å². The summed E-state index contributed by atoms with van der Waals surface area (Å²) >= 11 is 0. The lowest BCUT2D eigenvalue weighted by atomic mass is 9.90. The molecule has 2 aliphatic rings. The predicted molar refractivity (Wildman–Crippen MR) is 93.1 cm³/mol. The maximum Gasteiger partial charge on any atom is 0.251 e. The van der Waals surface area contributed by atoms with Crippen molar-refractivity contribution in [3.63, 3.8) is 0 Å². The van der Waals surface area contributed by atoms with Crippen molar-refractivity contribution in [3.05, 3.63) is 53.6 Å². The molecule has 1 aromatic heterocycles. The number of piperidine rings is 1. The number of aromatic nitrogens is 2. The molecule has 1 saturated heterocycles. The van der Waals surface area contributed by atoms with Gasteiger partial charge < -0.3 is 15.2 Å². The topological polar surface area (TPSA) is 59.0 Å². The summed E-state index contributed by atoms with van der Waals surface area (Å²) in [5.41, 5.74) is 3.31. The summed E-state index contributed by atoms with van der Waals surface area (Å²) in [4.78, 5) is 16.7. The van der Waals surface area contributed by atoms with Crippen molar-refractivity contribution in [2.24, 2.45) is 0 Å². The van der Waals surface area contributed by atoms with Crippen LogP contribution in [-0.2, 0) is 13.0 Å². The third-order valence-corrected chi connectivity index (χ3v) is 5.29. The van der Waals surface area contributed by atoms with Crippen molar-refractivity contribution in [1.29, 1.82) is 0 Å². The lowest BCUT2D eigenvalue weighted by Gasteiger charge is -2.25. The van der Waals surface area contributed by atoms with Crippen LogP contribution >= 0.6 is 0 Å². The maximum absolute atomic E-state index is 12.5. The highest BCUT2D eigenvalue weighted by Crippen LogP contribution is 2.25. The van der Waals surface area contributed by atoms with E-state index in [1.54, 1.807) is 0 Å². The first-order valence-electron chi connectivity index (χ1n) is 8.90. The molecule has 1 fully saturated rings. The Labute approximate surface area is 142 Å². The second-order valence-corrected chi connectivity index (χ2v) is 6.89. The predicted octanol–water partition coefficient (Wildman–Crippen LogP) is 2.09. The molecule has 1 amide bonds. The smallest absolute Gasteiger partial charge is 0.251 e. The Morgan fingerprint density at radius 3 is 2.75 bits per heavy atom. The number of hydrogen-bond donors (Lipinski definition) is 2. The molecule has 126 valence electrons. The SMILES string of the molecule is O=C(NC1CCn2cncc2C1)c1ccc(C2CCNCC2)cc1. The molecule has 5 nitrogen and oxygen atoms in total. The maximum atomic E-state index is 12.5. The van der Waals surface area contributed by atoms with E-state index in [4.69, 9.17) is 0 Å². The third-order valence-electron chi connectivity index (χ3n) is 5.29. The fourth-order valence-electron chi connectivity index (χ4n) is 3.82. The number of carbonyl (C=O) groups is 1. The van der Waals surface area contributed by atoms with Gasteiger partial charge in [-0.05, 0) is 56.0 Å². The number of hydrogen-bond acceptors (Lipinski definition) is 3. The fraction of sp³-hybridized carbons (Fsp3) is 0.474. The van der Waals surface area contributed by atoms with Gasteiger partial charge in [-0.3, -0.25) is 4.79 Å². The monoisotopic (exact) mass is 324 g/mol. The van der Waals surface area contributed by atoms with Crippen LogP contribution in [0.15, 0.2) is 36.8 Å². The number of aryl methyl sites for hydroxylation is 1. The van der Waals surface area contributed by atoms with Gasteiger partial charge in [0.25, 0.3) is 5.91 Å². The number of rotatable bonds is 3. The van der Waals surface area contributed by atoms with Crippen molar-refractivity contribution in [1.82, 2.24) is 20.2 Å². The van der Waals surface area contributed by atoms with E-state index >= 15 is 0 Å². The fourth-order valence-corrected chi connectivity index (χ4v) is 3.82. The highest BCUT2D eigenvalue weighted by molar-refractivity contribution is 5.94. The molecule has 0 bridgehead atoms. The number of fused-ring (bicyclic) bond motifs is 1. The number of nitrogens with zero attached hydrogens (tertiary/aromatic N) is 2. The molecule has 0 spiro atoms. The van der Waals surface area contributed by atoms with Crippen molar-refractivity contribution < 1.29 is 4.79 Å². The molecule has 24 heavy (non-hydrogen) atoms. The third kappa shape index (κ3) is 3.22. The minimum Gasteiger partial charge on any atom is -0.349 e. The van der Waals surface area contributed by atoms with E-state index in [9.17, 15) is 4.79 Å². The molecule has 1 atom stereocenters. The first-order chi connectivity index (χ1) is 11.8. The Kier molecular flexibility index (Phi) is 4.34. The zero-order valence-electron chi connectivity index (χ0n) is 13.9. The second kappa shape index (κ2) is 6.77. The van der Waals surface area contributed by atoms with E-state index in [-0.39, 0.29) is 11.9 Å². The first kappa shape index (κ1) is 15.4. The minimum atomic E-state index is 0.0322. The van der Waals surface area contributed by atoms with Gasteiger partial charge in [0.1, 0.15) is 0 Å². The number of carbonyl (C=O) groups excluding carboxylic acids is 1. The number of nitrogens with one attached hydrogen (secondary N) is 2. The Morgan fingerprint density at radius 2 is 1.96 bits per heavy atom. The molecule has 2 aromatic rings. The minimum absolute atomic E-state index is 0.0322. The van der Waals surface area contributed by atoms with Gasteiger partial charge >= 0.3 is 0 Å². The number of amides is 1. The van der Waals surface area contributed by atoms with Gasteiger partial charge in [0, 0.05) is 36.5 Å². The molecular formula is C19H24N4O. The van der Waals surface area contributed by atoms with Crippen molar-refractivity contribution in [3.8, 4) is 0 Å². The lowest BCUT2D eigenvalue weighted by Crippen LogP contribution is -2.39. The number of imidazole rings is 1. The van der Waals surface area contributed by atoms with Crippen molar-refractivity contribution in [2.75, 3.05) is 13.1 Å². The normalized spacial score (nSPS) is 21.2. The van der Waals surface area contributed by atoms with E-state index in [2.05, 4.69) is 32.3 Å². The molecule has 4 rings (SSSR count). The summed E-state index contributed by atoms with van der Waals surface area (Å²) in [5.74, 6) is 0.659. The lowest BCUT2D eigenvalue weighted by molar-refractivity contribution is 0.0931. The summed E-state index contributed by atoms with van der Waals surface area (Å²) in [5, 5.41) is 6.57. The number of benzene rings is 1. The Balaban J connectivity index is 1.38. The van der Waals surface area contributed by atoms with Crippen LogP contribution in [0.4, 0.5) is 0 Å². The Morgan fingerprint density at radius 1 is 1.17 bits per heavy atom. The highest BCUT2D eigenvalue weighted by Gasteiger charge is 2.21. The second-order valence-electron chi connectivity index (χ2n) is 6.89. The molecule has 5 heteroatoms. The van der Waals surface area contributed by atoms with Crippen LogP contribution in [-0.4, -0.2) is 34.6 Å². The molecule has 2 aliphatic heterocycles. The van der Waals surface area contributed by atoms with Crippen LogP contribution in [0.3, 0.4) is 0 Å². The molecule has 0 radical (unpaired) electrons. The zero-order chi connectivity index (χ0) is 16.4. The van der Waals surface area contributed by atoms with Crippen LogP contribution in [0.1, 0.15) is 46.8 Å². The first-order valence-corrected chi connectivity index (χ1v) is 8.90. The molecule has 0 aliphatic carbocycles. The zero-order valence-corrected chi connectivity index (χ0v) is 13.9. The van der Waals surface area contributed by atoms with Crippen LogP contribution in [0.25, 0.3) is 0 Å². The molecular weight excluding hydrogens is 300 g/mol. The Hall–Kier alpha value is -2.14. The standard InChI is InChI=1S/C19H24N4O/c24-19(22-17-7-10-23-13-21-12-18(23)11-17)16-3-1-14(2-4-16)15-5-8-20-9-6-15/h1-4,12-13,15,17,20H,5-11H2,(H,22,24). The van der Waals surface area contributed by atoms with E-state index in [1.807, 2.05) is 24.7 Å². The van der Waals surface area contributed by atoms with Gasteiger partial charge in [0.05, 0.1) is 6.33 Å².